The Kier molecular flexibility index (Phi) is 5.10. The minimum absolute atomic E-state index is 0.330. The van der Waals surface area contributed by atoms with Crippen molar-refractivity contribution in [3.8, 4) is 17.2 Å². The van der Waals surface area contributed by atoms with Crippen molar-refractivity contribution in [2.24, 2.45) is 0 Å². The second-order valence-electron chi connectivity index (χ2n) is 4.95. The van der Waals surface area contributed by atoms with E-state index in [1.54, 1.807) is 33.3 Å². The third-order valence-corrected chi connectivity index (χ3v) is 3.44. The molecular weight excluding hydrogens is 300 g/mol. The molecule has 0 aliphatic carbocycles. The SMILES string of the molecule is CCOc1c(OC)cc(Cc2c(C)[nH]c(=O)[nH]c2=O)cc1OC. The fourth-order valence-electron chi connectivity index (χ4n) is 2.37. The van der Waals surface area contributed by atoms with Crippen LogP contribution in [-0.2, 0) is 6.42 Å². The average Bonchev–Trinajstić information content (AvgIpc) is 2.51. The fourth-order valence-corrected chi connectivity index (χ4v) is 2.37. The summed E-state index contributed by atoms with van der Waals surface area (Å²) in [6.07, 6.45) is 0.330. The molecule has 0 aliphatic heterocycles. The van der Waals surface area contributed by atoms with Crippen molar-refractivity contribution in [3.63, 3.8) is 0 Å². The molecule has 2 rings (SSSR count). The molecule has 2 N–H and O–H groups in total. The average molecular weight is 320 g/mol. The van der Waals surface area contributed by atoms with Crippen LogP contribution in [0.1, 0.15) is 23.7 Å². The maximum Gasteiger partial charge on any atom is 0.325 e. The lowest BCUT2D eigenvalue weighted by Gasteiger charge is -2.15. The van der Waals surface area contributed by atoms with Crippen molar-refractivity contribution < 1.29 is 14.2 Å². The van der Waals surface area contributed by atoms with E-state index in [9.17, 15) is 9.59 Å². The molecule has 0 saturated heterocycles. The largest absolute Gasteiger partial charge is 0.493 e. The van der Waals surface area contributed by atoms with Crippen molar-refractivity contribution in [2.75, 3.05) is 20.8 Å². The van der Waals surface area contributed by atoms with Gasteiger partial charge in [-0.25, -0.2) is 4.79 Å². The second kappa shape index (κ2) is 7.04. The molecule has 0 atom stereocenters. The monoisotopic (exact) mass is 320 g/mol. The van der Waals surface area contributed by atoms with E-state index in [1.807, 2.05) is 6.92 Å². The van der Waals surface area contributed by atoms with Crippen molar-refractivity contribution in [1.82, 2.24) is 9.97 Å². The Morgan fingerprint density at radius 3 is 2.13 bits per heavy atom. The quantitative estimate of drug-likeness (QED) is 0.838. The van der Waals surface area contributed by atoms with Crippen LogP contribution < -0.4 is 25.5 Å². The highest BCUT2D eigenvalue weighted by Gasteiger charge is 2.15. The van der Waals surface area contributed by atoms with E-state index in [4.69, 9.17) is 14.2 Å². The molecule has 0 aliphatic rings. The first-order chi connectivity index (χ1) is 11.0. The molecule has 0 saturated carbocycles. The number of aryl methyl sites for hydroxylation is 1. The van der Waals surface area contributed by atoms with Crippen LogP contribution in [0.2, 0.25) is 0 Å². The zero-order valence-electron chi connectivity index (χ0n) is 13.6. The Bertz CT molecular complexity index is 782. The van der Waals surface area contributed by atoms with Crippen molar-refractivity contribution in [3.05, 3.63) is 49.8 Å². The molecule has 7 heteroatoms. The standard InChI is InChI=1S/C16H20N2O5/c1-5-23-14-12(21-3)7-10(8-13(14)22-4)6-11-9(2)17-16(20)18-15(11)19/h7-8H,5-6H2,1-4H3,(H2,17,18,19,20). The van der Waals surface area contributed by atoms with E-state index in [-0.39, 0.29) is 0 Å². The maximum absolute atomic E-state index is 12.0. The molecule has 124 valence electrons. The van der Waals surface area contributed by atoms with Crippen LogP contribution in [0.15, 0.2) is 21.7 Å². The molecule has 7 nitrogen and oxygen atoms in total. The fraction of sp³-hybridized carbons (Fsp3) is 0.375. The summed E-state index contributed by atoms with van der Waals surface area (Å²) in [5, 5.41) is 0. The van der Waals surface area contributed by atoms with E-state index in [2.05, 4.69) is 9.97 Å². The summed E-state index contributed by atoms with van der Waals surface area (Å²) in [6.45, 7) is 4.04. The number of aromatic nitrogens is 2. The number of hydrogen-bond donors (Lipinski definition) is 2. The minimum atomic E-state index is -0.516. The van der Waals surface area contributed by atoms with Crippen LogP contribution in [-0.4, -0.2) is 30.8 Å². The van der Waals surface area contributed by atoms with Gasteiger partial charge in [0.15, 0.2) is 11.5 Å². The van der Waals surface area contributed by atoms with Crippen LogP contribution >= 0.6 is 0 Å². The summed E-state index contributed by atoms with van der Waals surface area (Å²) in [4.78, 5) is 28.1. The summed E-state index contributed by atoms with van der Waals surface area (Å²) in [6, 6.07) is 3.58. The van der Waals surface area contributed by atoms with Gasteiger partial charge in [0.05, 0.1) is 20.8 Å². The van der Waals surface area contributed by atoms with E-state index in [0.717, 1.165) is 5.56 Å². The van der Waals surface area contributed by atoms with Crippen LogP contribution in [0.5, 0.6) is 17.2 Å². The first kappa shape index (κ1) is 16.7. The summed E-state index contributed by atoms with van der Waals surface area (Å²) in [5.41, 5.74) is 0.905. The van der Waals surface area contributed by atoms with Gasteiger partial charge in [-0.15, -0.1) is 0 Å². The van der Waals surface area contributed by atoms with Gasteiger partial charge in [0.2, 0.25) is 5.75 Å². The van der Waals surface area contributed by atoms with Gasteiger partial charge >= 0.3 is 5.69 Å². The van der Waals surface area contributed by atoms with Gasteiger partial charge in [-0.2, -0.15) is 0 Å². The normalized spacial score (nSPS) is 10.4. The molecular formula is C16H20N2O5. The number of aromatic amines is 2. The highest BCUT2D eigenvalue weighted by atomic mass is 16.5. The molecule has 0 fully saturated rings. The van der Waals surface area contributed by atoms with Crippen molar-refractivity contribution in [2.45, 2.75) is 20.3 Å². The molecule has 0 radical (unpaired) electrons. The Morgan fingerprint density at radius 1 is 1.04 bits per heavy atom. The molecule has 0 bridgehead atoms. The Balaban J connectivity index is 2.49. The topological polar surface area (TPSA) is 93.4 Å². The lowest BCUT2D eigenvalue weighted by atomic mass is 10.0. The van der Waals surface area contributed by atoms with Gasteiger partial charge in [0.1, 0.15) is 0 Å². The number of H-pyrrole nitrogens is 2. The van der Waals surface area contributed by atoms with Gasteiger partial charge < -0.3 is 19.2 Å². The van der Waals surface area contributed by atoms with Gasteiger partial charge in [0, 0.05) is 17.7 Å². The zero-order chi connectivity index (χ0) is 17.0. The van der Waals surface area contributed by atoms with Gasteiger partial charge in [0.25, 0.3) is 5.56 Å². The van der Waals surface area contributed by atoms with E-state index in [1.165, 1.54) is 0 Å². The second-order valence-corrected chi connectivity index (χ2v) is 4.95. The Hall–Kier alpha value is -2.70. The molecule has 1 aromatic heterocycles. The highest BCUT2D eigenvalue weighted by Crippen LogP contribution is 2.38. The minimum Gasteiger partial charge on any atom is -0.493 e. The van der Waals surface area contributed by atoms with Crippen LogP contribution in [0.3, 0.4) is 0 Å². The third kappa shape index (κ3) is 3.56. The summed E-state index contributed by atoms with van der Waals surface area (Å²) >= 11 is 0. The van der Waals surface area contributed by atoms with Crippen LogP contribution in [0, 0.1) is 6.92 Å². The smallest absolute Gasteiger partial charge is 0.325 e. The molecule has 2 aromatic rings. The van der Waals surface area contributed by atoms with E-state index >= 15 is 0 Å². The predicted octanol–water partition coefficient (Wildman–Crippen LogP) is 1.38. The summed E-state index contributed by atoms with van der Waals surface area (Å²) in [7, 11) is 3.08. The highest BCUT2D eigenvalue weighted by molar-refractivity contribution is 5.54. The maximum atomic E-state index is 12.0. The molecule has 0 unspecified atom stereocenters. The number of benzene rings is 1. The predicted molar refractivity (Wildman–Crippen MR) is 85.9 cm³/mol. The molecule has 0 spiro atoms. The lowest BCUT2D eigenvalue weighted by Crippen LogP contribution is -2.27. The molecule has 0 amide bonds. The van der Waals surface area contributed by atoms with E-state index in [0.29, 0.717) is 41.5 Å². The Labute approximate surface area is 133 Å². The third-order valence-electron chi connectivity index (χ3n) is 3.44. The van der Waals surface area contributed by atoms with Gasteiger partial charge in [-0.3, -0.25) is 9.78 Å². The van der Waals surface area contributed by atoms with Crippen molar-refractivity contribution >= 4 is 0 Å². The number of rotatable bonds is 6. The summed E-state index contributed by atoms with van der Waals surface area (Å²) < 4.78 is 16.3. The molecule has 1 heterocycles. The van der Waals surface area contributed by atoms with Crippen LogP contribution in [0.25, 0.3) is 0 Å². The zero-order valence-corrected chi connectivity index (χ0v) is 13.6. The summed E-state index contributed by atoms with van der Waals surface area (Å²) in [5.74, 6) is 1.58. The van der Waals surface area contributed by atoms with Crippen molar-refractivity contribution in [1.29, 1.82) is 0 Å². The number of nitrogens with one attached hydrogen (secondary N) is 2. The van der Waals surface area contributed by atoms with E-state index < -0.39 is 11.2 Å². The Morgan fingerprint density at radius 2 is 1.65 bits per heavy atom. The number of methoxy groups -OCH3 is 2. The first-order valence-electron chi connectivity index (χ1n) is 7.19. The molecule has 23 heavy (non-hydrogen) atoms. The van der Waals surface area contributed by atoms with Gasteiger partial charge in [-0.1, -0.05) is 0 Å². The first-order valence-corrected chi connectivity index (χ1v) is 7.19. The molecule has 1 aromatic carbocycles. The van der Waals surface area contributed by atoms with Crippen LogP contribution in [0.4, 0.5) is 0 Å². The number of hydrogen-bond acceptors (Lipinski definition) is 5. The number of ether oxygens (including phenoxy) is 3. The van der Waals surface area contributed by atoms with Gasteiger partial charge in [-0.05, 0) is 31.5 Å². The lowest BCUT2D eigenvalue weighted by molar-refractivity contribution is 0.288.